The highest BCUT2D eigenvalue weighted by Crippen LogP contribution is 1.96. The first-order valence-corrected chi connectivity index (χ1v) is 2.98. The fourth-order valence-corrected chi connectivity index (χ4v) is 0.459. The number of nitrogens with two attached hydrogens (primary N) is 1. The molecule has 10 heavy (non-hydrogen) atoms. The lowest BCUT2D eigenvalue weighted by Crippen LogP contribution is -2.24. The van der Waals surface area contributed by atoms with Crippen molar-refractivity contribution in [3.8, 4) is 0 Å². The highest BCUT2D eigenvalue weighted by molar-refractivity contribution is 5.77. The van der Waals surface area contributed by atoms with E-state index < -0.39 is 11.8 Å². The standard InChI is InChI=1S/C6H11N2O2/c1-5(6(7)10)2-3-8-4-9/h4-5H,1-3H2,(H2,7,10)(H,8,9). The fraction of sp³-hybridized carbons (Fsp3) is 0.500. The maximum absolute atomic E-state index is 10.3. The molecule has 0 spiro atoms. The van der Waals surface area contributed by atoms with Crippen molar-refractivity contribution in [2.75, 3.05) is 6.54 Å². The van der Waals surface area contributed by atoms with E-state index in [-0.39, 0.29) is 0 Å². The molecule has 0 aliphatic rings. The molecule has 0 aromatic rings. The van der Waals surface area contributed by atoms with Crippen molar-refractivity contribution in [3.63, 3.8) is 0 Å². The van der Waals surface area contributed by atoms with Crippen LogP contribution in [0.15, 0.2) is 0 Å². The maximum Gasteiger partial charge on any atom is 0.220 e. The van der Waals surface area contributed by atoms with E-state index in [1.807, 2.05) is 0 Å². The minimum Gasteiger partial charge on any atom is -0.369 e. The molecule has 3 N–H and O–H groups in total. The van der Waals surface area contributed by atoms with Crippen LogP contribution in [-0.4, -0.2) is 18.9 Å². The Kier molecular flexibility index (Phi) is 4.28. The molecule has 1 unspecified atom stereocenters. The van der Waals surface area contributed by atoms with Gasteiger partial charge in [-0.15, -0.1) is 0 Å². The Bertz CT molecular complexity index is 125. The number of carbonyl (C=O) groups excluding carboxylic acids is 2. The summed E-state index contributed by atoms with van der Waals surface area (Å²) in [6.45, 7) is 3.92. The van der Waals surface area contributed by atoms with E-state index in [1.54, 1.807) is 0 Å². The molecule has 4 heteroatoms. The Morgan fingerprint density at radius 1 is 1.80 bits per heavy atom. The molecule has 0 aliphatic heterocycles. The monoisotopic (exact) mass is 143 g/mol. The number of hydrogen-bond donors (Lipinski definition) is 2. The van der Waals surface area contributed by atoms with Gasteiger partial charge in [0.05, 0.1) is 0 Å². The van der Waals surface area contributed by atoms with Crippen LogP contribution < -0.4 is 11.1 Å². The van der Waals surface area contributed by atoms with Crippen LogP contribution in [0.5, 0.6) is 0 Å². The molecule has 0 heterocycles. The van der Waals surface area contributed by atoms with Crippen LogP contribution in [0.4, 0.5) is 0 Å². The van der Waals surface area contributed by atoms with Gasteiger partial charge in [0.1, 0.15) is 0 Å². The smallest absolute Gasteiger partial charge is 0.220 e. The molecular formula is C6H11N2O2. The lowest BCUT2D eigenvalue weighted by molar-refractivity contribution is -0.120. The maximum atomic E-state index is 10.3. The van der Waals surface area contributed by atoms with E-state index in [0.29, 0.717) is 19.4 Å². The van der Waals surface area contributed by atoms with Gasteiger partial charge in [-0.25, -0.2) is 0 Å². The Morgan fingerprint density at radius 3 is 2.80 bits per heavy atom. The highest BCUT2D eigenvalue weighted by Gasteiger charge is 2.06. The molecule has 0 bridgehead atoms. The van der Waals surface area contributed by atoms with Crippen LogP contribution in [0.2, 0.25) is 0 Å². The molecule has 0 aliphatic carbocycles. The van der Waals surface area contributed by atoms with E-state index >= 15 is 0 Å². The summed E-state index contributed by atoms with van der Waals surface area (Å²) in [7, 11) is 0. The highest BCUT2D eigenvalue weighted by atomic mass is 16.1. The fourth-order valence-electron chi connectivity index (χ4n) is 0.459. The van der Waals surface area contributed by atoms with Gasteiger partial charge in [0, 0.05) is 12.5 Å². The number of hydrogen-bond acceptors (Lipinski definition) is 2. The van der Waals surface area contributed by atoms with Crippen molar-refractivity contribution < 1.29 is 9.59 Å². The molecule has 1 atom stereocenters. The average molecular weight is 143 g/mol. The third-order valence-electron chi connectivity index (χ3n) is 1.12. The van der Waals surface area contributed by atoms with Crippen LogP contribution in [0.1, 0.15) is 6.42 Å². The average Bonchev–Trinajstić information content (AvgIpc) is 1.88. The summed E-state index contributed by atoms with van der Waals surface area (Å²) in [5.41, 5.74) is 4.90. The number of amides is 2. The summed E-state index contributed by atoms with van der Waals surface area (Å²) in [6.07, 6.45) is 1.07. The molecule has 4 nitrogen and oxygen atoms in total. The first-order valence-electron chi connectivity index (χ1n) is 2.98. The van der Waals surface area contributed by atoms with Gasteiger partial charge in [0.2, 0.25) is 12.3 Å². The van der Waals surface area contributed by atoms with Gasteiger partial charge in [0.25, 0.3) is 0 Å². The summed E-state index contributed by atoms with van der Waals surface area (Å²) < 4.78 is 0. The molecule has 2 amide bonds. The van der Waals surface area contributed by atoms with Gasteiger partial charge >= 0.3 is 0 Å². The predicted molar refractivity (Wildman–Crippen MR) is 36.7 cm³/mol. The minimum atomic E-state index is -0.437. The molecule has 0 aromatic heterocycles. The minimum absolute atomic E-state index is 0.410. The Balaban J connectivity index is 3.30. The van der Waals surface area contributed by atoms with Crippen LogP contribution in [0, 0.1) is 12.8 Å². The van der Waals surface area contributed by atoms with Crippen molar-refractivity contribution >= 4 is 12.3 Å². The quantitative estimate of drug-likeness (QED) is 0.385. The largest absolute Gasteiger partial charge is 0.369 e. The number of primary amides is 1. The van der Waals surface area contributed by atoms with Gasteiger partial charge in [-0.05, 0) is 13.3 Å². The SMILES string of the molecule is [CH2]C(CCNC=O)C(N)=O. The van der Waals surface area contributed by atoms with Crippen molar-refractivity contribution in [1.82, 2.24) is 5.32 Å². The molecule has 0 saturated carbocycles. The molecule has 0 rings (SSSR count). The lowest BCUT2D eigenvalue weighted by atomic mass is 10.1. The number of carbonyl (C=O) groups is 2. The van der Waals surface area contributed by atoms with Crippen LogP contribution in [0.3, 0.4) is 0 Å². The second-order valence-corrected chi connectivity index (χ2v) is 1.96. The second-order valence-electron chi connectivity index (χ2n) is 1.96. The Morgan fingerprint density at radius 2 is 2.40 bits per heavy atom. The van der Waals surface area contributed by atoms with Crippen LogP contribution in [0.25, 0.3) is 0 Å². The van der Waals surface area contributed by atoms with Crippen molar-refractivity contribution in [3.05, 3.63) is 6.92 Å². The molecule has 1 radical (unpaired) electrons. The van der Waals surface area contributed by atoms with Gasteiger partial charge < -0.3 is 11.1 Å². The Labute approximate surface area is 59.8 Å². The Hall–Kier alpha value is -1.06. The van der Waals surface area contributed by atoms with E-state index in [1.165, 1.54) is 0 Å². The van der Waals surface area contributed by atoms with Crippen LogP contribution >= 0.6 is 0 Å². The zero-order valence-electron chi connectivity index (χ0n) is 5.67. The van der Waals surface area contributed by atoms with E-state index in [4.69, 9.17) is 5.73 Å². The normalized spacial score (nSPS) is 12.1. The molecule has 0 saturated heterocycles. The summed E-state index contributed by atoms with van der Waals surface area (Å²) in [5.74, 6) is -0.847. The van der Waals surface area contributed by atoms with Gasteiger partial charge in [-0.3, -0.25) is 9.59 Å². The zero-order chi connectivity index (χ0) is 7.98. The topological polar surface area (TPSA) is 72.2 Å². The molecule has 57 valence electrons. The van der Waals surface area contributed by atoms with Crippen LogP contribution in [-0.2, 0) is 9.59 Å². The van der Waals surface area contributed by atoms with Crippen molar-refractivity contribution in [1.29, 1.82) is 0 Å². The predicted octanol–water partition coefficient (Wildman–Crippen LogP) is -0.942. The molecule has 0 aromatic carbocycles. The number of nitrogens with one attached hydrogen (secondary N) is 1. The van der Waals surface area contributed by atoms with Gasteiger partial charge in [-0.2, -0.15) is 0 Å². The van der Waals surface area contributed by atoms with Crippen molar-refractivity contribution in [2.24, 2.45) is 11.7 Å². The number of rotatable bonds is 5. The summed E-state index contributed by atoms with van der Waals surface area (Å²) in [6, 6.07) is 0. The van der Waals surface area contributed by atoms with Crippen molar-refractivity contribution in [2.45, 2.75) is 6.42 Å². The van der Waals surface area contributed by atoms with E-state index in [9.17, 15) is 9.59 Å². The third-order valence-corrected chi connectivity index (χ3v) is 1.12. The third kappa shape index (κ3) is 3.88. The first kappa shape index (κ1) is 8.94. The van der Waals surface area contributed by atoms with Gasteiger partial charge in [0.15, 0.2) is 0 Å². The molecule has 0 fully saturated rings. The molecular weight excluding hydrogens is 132 g/mol. The second kappa shape index (κ2) is 4.78. The summed E-state index contributed by atoms with van der Waals surface area (Å²) in [4.78, 5) is 20.0. The first-order chi connectivity index (χ1) is 4.68. The summed E-state index contributed by atoms with van der Waals surface area (Å²) in [5, 5.41) is 2.41. The van der Waals surface area contributed by atoms with E-state index in [2.05, 4.69) is 12.2 Å². The van der Waals surface area contributed by atoms with E-state index in [0.717, 1.165) is 0 Å². The zero-order valence-corrected chi connectivity index (χ0v) is 5.67. The van der Waals surface area contributed by atoms with Gasteiger partial charge in [-0.1, -0.05) is 0 Å². The lowest BCUT2D eigenvalue weighted by Gasteiger charge is -2.04. The summed E-state index contributed by atoms with van der Waals surface area (Å²) >= 11 is 0.